The van der Waals surface area contributed by atoms with E-state index in [1.165, 1.54) is 27.9 Å². The molecule has 0 saturated carbocycles. The van der Waals surface area contributed by atoms with Gasteiger partial charge in [0.15, 0.2) is 0 Å². The maximum atomic E-state index is 3.00. The summed E-state index contributed by atoms with van der Waals surface area (Å²) in [5.74, 6) is 0. The molecule has 2 aromatic rings. The van der Waals surface area contributed by atoms with Crippen LogP contribution in [-0.4, -0.2) is 4.57 Å². The quantitative estimate of drug-likeness (QED) is 0.483. The van der Waals surface area contributed by atoms with E-state index in [4.69, 9.17) is 0 Å². The highest BCUT2D eigenvalue weighted by molar-refractivity contribution is 5.89. The van der Waals surface area contributed by atoms with E-state index in [1.54, 1.807) is 0 Å². The molecular weight excluding hydrogens is 242 g/mol. The van der Waals surface area contributed by atoms with Gasteiger partial charge in [0, 0.05) is 16.8 Å². The third-order valence-corrected chi connectivity index (χ3v) is 3.44. The van der Waals surface area contributed by atoms with E-state index in [0.717, 1.165) is 6.42 Å². The van der Waals surface area contributed by atoms with Gasteiger partial charge >= 0.3 is 0 Å². The van der Waals surface area contributed by atoms with Crippen LogP contribution in [0.1, 0.15) is 31.5 Å². The van der Waals surface area contributed by atoms with Crippen molar-refractivity contribution in [3.05, 3.63) is 66.9 Å². The first-order chi connectivity index (χ1) is 9.70. The molecule has 0 saturated heterocycles. The maximum Gasteiger partial charge on any atom is 0.0533 e. The Morgan fingerprint density at radius 3 is 2.45 bits per heavy atom. The van der Waals surface area contributed by atoms with Gasteiger partial charge in [0.25, 0.3) is 0 Å². The Hall–Kier alpha value is -2.02. The van der Waals surface area contributed by atoms with Crippen molar-refractivity contribution < 1.29 is 0 Å². The molecule has 0 aliphatic heterocycles. The van der Waals surface area contributed by atoms with Crippen molar-refractivity contribution in [3.63, 3.8) is 0 Å². The molecule has 0 spiro atoms. The zero-order valence-electron chi connectivity index (χ0n) is 13.1. The van der Waals surface area contributed by atoms with E-state index >= 15 is 0 Å². The van der Waals surface area contributed by atoms with Crippen molar-refractivity contribution in [3.8, 4) is 0 Å². The highest BCUT2D eigenvalue weighted by Gasteiger charge is 2.11. The summed E-state index contributed by atoms with van der Waals surface area (Å²) in [6, 6.07) is 8.62. The first-order valence-electron chi connectivity index (χ1n) is 7.10. The summed E-state index contributed by atoms with van der Waals surface area (Å²) in [6.45, 7) is 14.6. The summed E-state index contributed by atoms with van der Waals surface area (Å²) < 4.78 is 2.36. The van der Waals surface area contributed by atoms with Gasteiger partial charge in [0.1, 0.15) is 0 Å². The second-order valence-electron chi connectivity index (χ2n) is 4.60. The monoisotopic (exact) mass is 267 g/mol. The fourth-order valence-electron chi connectivity index (χ4n) is 2.48. The Labute approximate surface area is 122 Å². The number of para-hydroxylation sites is 1. The number of aryl methyl sites for hydroxylation is 1. The number of fused-ring (bicyclic) bond motifs is 1. The minimum absolute atomic E-state index is 1.05. The Kier molecular flexibility index (Phi) is 6.05. The molecule has 0 aliphatic rings. The molecule has 106 valence electrons. The average molecular weight is 267 g/mol. The summed E-state index contributed by atoms with van der Waals surface area (Å²) in [5, 5.41) is 1.35. The van der Waals surface area contributed by atoms with Crippen LogP contribution in [0.2, 0.25) is 0 Å². The molecule has 0 radical (unpaired) electrons. The second-order valence-corrected chi connectivity index (χ2v) is 4.60. The Morgan fingerprint density at radius 1 is 1.20 bits per heavy atom. The van der Waals surface area contributed by atoms with Gasteiger partial charge in [-0.05, 0) is 44.9 Å². The maximum absolute atomic E-state index is 3.00. The van der Waals surface area contributed by atoms with E-state index in [-0.39, 0.29) is 0 Å². The number of benzene rings is 1. The Morgan fingerprint density at radius 2 is 1.85 bits per heavy atom. The standard InChI is InChI=1S/C17H21N.C2H4/c1-5-9-15(10-6-2)18-14(4)13(3)16-11-7-8-12-17(16)18;1-2/h5,7-12H,6H2,1-4H3;1-2H2/b9-5-,15-10+;. The highest BCUT2D eigenvalue weighted by Crippen LogP contribution is 2.28. The first kappa shape index (κ1) is 16.0. The van der Waals surface area contributed by atoms with Crippen LogP contribution in [0.3, 0.4) is 0 Å². The van der Waals surface area contributed by atoms with Crippen molar-refractivity contribution in [2.45, 2.75) is 34.1 Å². The Balaban J connectivity index is 0.000000956. The second kappa shape index (κ2) is 7.54. The third kappa shape index (κ3) is 2.93. The molecule has 0 fully saturated rings. The molecular formula is C19H25N. The molecule has 1 heterocycles. The van der Waals surface area contributed by atoms with Crippen LogP contribution < -0.4 is 0 Å². The molecule has 0 N–H and O–H groups in total. The number of allylic oxidation sites excluding steroid dienone is 4. The lowest BCUT2D eigenvalue weighted by atomic mass is 10.2. The number of nitrogens with zero attached hydrogens (tertiary/aromatic N) is 1. The van der Waals surface area contributed by atoms with Crippen LogP contribution in [0.25, 0.3) is 16.6 Å². The molecule has 1 aromatic carbocycles. The topological polar surface area (TPSA) is 4.93 Å². The van der Waals surface area contributed by atoms with Gasteiger partial charge in [-0.25, -0.2) is 0 Å². The van der Waals surface area contributed by atoms with Gasteiger partial charge in [-0.15, -0.1) is 13.2 Å². The van der Waals surface area contributed by atoms with Crippen LogP contribution in [0.15, 0.2) is 55.7 Å². The third-order valence-electron chi connectivity index (χ3n) is 3.44. The molecule has 0 bridgehead atoms. The molecule has 2 rings (SSSR count). The predicted molar refractivity (Wildman–Crippen MR) is 92.0 cm³/mol. The molecule has 0 aliphatic carbocycles. The first-order valence-corrected chi connectivity index (χ1v) is 7.10. The number of hydrogen-bond acceptors (Lipinski definition) is 0. The summed E-state index contributed by atoms with van der Waals surface area (Å²) in [7, 11) is 0. The van der Waals surface area contributed by atoms with Crippen molar-refractivity contribution in [1.29, 1.82) is 0 Å². The van der Waals surface area contributed by atoms with E-state index < -0.39 is 0 Å². The van der Waals surface area contributed by atoms with Crippen molar-refractivity contribution in [2.24, 2.45) is 0 Å². The largest absolute Gasteiger partial charge is 0.314 e. The minimum atomic E-state index is 1.05. The van der Waals surface area contributed by atoms with Gasteiger partial charge in [-0.1, -0.05) is 37.3 Å². The molecule has 0 amide bonds. The lowest BCUT2D eigenvalue weighted by molar-refractivity contribution is 1.06. The molecule has 0 unspecified atom stereocenters. The van der Waals surface area contributed by atoms with Crippen molar-refractivity contribution in [1.82, 2.24) is 4.57 Å². The zero-order chi connectivity index (χ0) is 15.1. The lowest BCUT2D eigenvalue weighted by Gasteiger charge is -2.09. The summed E-state index contributed by atoms with van der Waals surface area (Å²) in [5.41, 5.74) is 5.26. The molecule has 0 atom stereocenters. The van der Waals surface area contributed by atoms with Crippen LogP contribution >= 0.6 is 0 Å². The smallest absolute Gasteiger partial charge is 0.0533 e. The molecule has 1 nitrogen and oxygen atoms in total. The normalized spacial score (nSPS) is 11.7. The van der Waals surface area contributed by atoms with Crippen LogP contribution in [0, 0.1) is 13.8 Å². The average Bonchev–Trinajstić information content (AvgIpc) is 2.74. The van der Waals surface area contributed by atoms with Gasteiger partial charge < -0.3 is 4.57 Å². The van der Waals surface area contributed by atoms with E-state index in [9.17, 15) is 0 Å². The molecule has 1 heteroatoms. The predicted octanol–water partition coefficient (Wildman–Crippen LogP) is 5.89. The number of rotatable bonds is 3. The molecule has 20 heavy (non-hydrogen) atoms. The summed E-state index contributed by atoms with van der Waals surface area (Å²) in [4.78, 5) is 0. The van der Waals surface area contributed by atoms with E-state index in [1.807, 2.05) is 0 Å². The van der Waals surface area contributed by atoms with Gasteiger partial charge in [-0.2, -0.15) is 0 Å². The Bertz CT molecular complexity index is 626. The SMILES string of the molecule is C/C=C\C(=C/CC)n1c(C)c(C)c2ccccc21.C=C. The fourth-order valence-corrected chi connectivity index (χ4v) is 2.48. The zero-order valence-corrected chi connectivity index (χ0v) is 13.1. The minimum Gasteiger partial charge on any atom is -0.314 e. The molecule has 1 aromatic heterocycles. The fraction of sp³-hybridized carbons (Fsp3) is 0.263. The van der Waals surface area contributed by atoms with E-state index in [0.29, 0.717) is 0 Å². The number of aromatic nitrogens is 1. The number of hydrogen-bond donors (Lipinski definition) is 0. The van der Waals surface area contributed by atoms with Crippen molar-refractivity contribution >= 4 is 16.6 Å². The van der Waals surface area contributed by atoms with Gasteiger partial charge in [-0.3, -0.25) is 0 Å². The summed E-state index contributed by atoms with van der Waals surface area (Å²) in [6.07, 6.45) is 7.61. The van der Waals surface area contributed by atoms with Gasteiger partial charge in [0.05, 0.1) is 5.52 Å². The van der Waals surface area contributed by atoms with Crippen LogP contribution in [0.4, 0.5) is 0 Å². The van der Waals surface area contributed by atoms with Crippen molar-refractivity contribution in [2.75, 3.05) is 0 Å². The summed E-state index contributed by atoms with van der Waals surface area (Å²) >= 11 is 0. The van der Waals surface area contributed by atoms with Crippen LogP contribution in [0.5, 0.6) is 0 Å². The van der Waals surface area contributed by atoms with Gasteiger partial charge in [0.2, 0.25) is 0 Å². The highest BCUT2D eigenvalue weighted by atomic mass is 15.0. The van der Waals surface area contributed by atoms with Crippen LogP contribution in [-0.2, 0) is 0 Å². The lowest BCUT2D eigenvalue weighted by Crippen LogP contribution is -1.97. The van der Waals surface area contributed by atoms with E-state index in [2.05, 4.69) is 87.9 Å².